The molecule has 0 radical (unpaired) electrons. The molecule has 5 heteroatoms. The molecule has 0 aliphatic rings. The molecule has 0 amide bonds. The lowest BCUT2D eigenvalue weighted by molar-refractivity contribution is 0.488. The Kier molecular flexibility index (Phi) is 3.95. The standard InChI is InChI=1S/C14H19FN4/c1-9(2)19-14(17-8-18-19)7-13(16)11-6-10(3)4-5-12(11)15/h4-6,8-9,13H,7,16H2,1-3H3. The van der Waals surface area contributed by atoms with Gasteiger partial charge in [0.25, 0.3) is 0 Å². The van der Waals surface area contributed by atoms with E-state index >= 15 is 0 Å². The van der Waals surface area contributed by atoms with Gasteiger partial charge in [-0.1, -0.05) is 17.7 Å². The van der Waals surface area contributed by atoms with Gasteiger partial charge in [-0.25, -0.2) is 14.1 Å². The van der Waals surface area contributed by atoms with E-state index in [1.54, 1.807) is 12.1 Å². The molecule has 1 heterocycles. The van der Waals surface area contributed by atoms with Gasteiger partial charge in [0.2, 0.25) is 0 Å². The van der Waals surface area contributed by atoms with Crippen LogP contribution in [0.3, 0.4) is 0 Å². The Balaban J connectivity index is 2.23. The molecule has 1 atom stereocenters. The third-order valence-electron chi connectivity index (χ3n) is 3.09. The summed E-state index contributed by atoms with van der Waals surface area (Å²) in [4.78, 5) is 4.20. The number of nitrogens with zero attached hydrogens (tertiary/aromatic N) is 3. The Morgan fingerprint density at radius 1 is 1.37 bits per heavy atom. The molecule has 102 valence electrons. The van der Waals surface area contributed by atoms with Crippen LogP contribution in [0.15, 0.2) is 24.5 Å². The Labute approximate surface area is 112 Å². The summed E-state index contributed by atoms with van der Waals surface area (Å²) in [5.74, 6) is 0.511. The molecule has 1 aromatic heterocycles. The number of hydrogen-bond donors (Lipinski definition) is 1. The lowest BCUT2D eigenvalue weighted by Crippen LogP contribution is -2.19. The third kappa shape index (κ3) is 2.98. The SMILES string of the molecule is Cc1ccc(F)c(C(N)Cc2ncnn2C(C)C)c1. The predicted octanol–water partition coefficient (Wildman–Crippen LogP) is 2.55. The zero-order chi connectivity index (χ0) is 14.0. The van der Waals surface area contributed by atoms with Crippen LogP contribution in [0.2, 0.25) is 0 Å². The van der Waals surface area contributed by atoms with Crippen LogP contribution < -0.4 is 5.73 Å². The topological polar surface area (TPSA) is 56.7 Å². The van der Waals surface area contributed by atoms with Gasteiger partial charge in [0.1, 0.15) is 18.0 Å². The third-order valence-corrected chi connectivity index (χ3v) is 3.09. The Hall–Kier alpha value is -1.75. The molecule has 1 unspecified atom stereocenters. The van der Waals surface area contributed by atoms with E-state index in [0.29, 0.717) is 12.0 Å². The summed E-state index contributed by atoms with van der Waals surface area (Å²) < 4.78 is 15.6. The van der Waals surface area contributed by atoms with Crippen molar-refractivity contribution >= 4 is 0 Å². The van der Waals surface area contributed by atoms with E-state index in [4.69, 9.17) is 5.73 Å². The van der Waals surface area contributed by atoms with Crippen molar-refractivity contribution in [2.75, 3.05) is 0 Å². The molecule has 4 nitrogen and oxygen atoms in total. The minimum absolute atomic E-state index is 0.215. The number of nitrogens with two attached hydrogens (primary N) is 1. The van der Waals surface area contributed by atoms with Gasteiger partial charge in [0.15, 0.2) is 0 Å². The first-order valence-electron chi connectivity index (χ1n) is 6.39. The van der Waals surface area contributed by atoms with Crippen LogP contribution in [0.1, 0.15) is 42.9 Å². The second-order valence-electron chi connectivity index (χ2n) is 5.05. The summed E-state index contributed by atoms with van der Waals surface area (Å²) in [5, 5.41) is 4.16. The molecule has 0 bridgehead atoms. The summed E-state index contributed by atoms with van der Waals surface area (Å²) in [5.41, 5.74) is 7.63. The fourth-order valence-corrected chi connectivity index (χ4v) is 2.11. The van der Waals surface area contributed by atoms with Crippen LogP contribution in [0, 0.1) is 12.7 Å². The van der Waals surface area contributed by atoms with Gasteiger partial charge in [-0.3, -0.25) is 0 Å². The smallest absolute Gasteiger partial charge is 0.138 e. The number of rotatable bonds is 4. The van der Waals surface area contributed by atoms with Gasteiger partial charge in [0, 0.05) is 24.1 Å². The highest BCUT2D eigenvalue weighted by Gasteiger charge is 2.16. The molecule has 2 rings (SSSR count). The fraction of sp³-hybridized carbons (Fsp3) is 0.429. The number of hydrogen-bond acceptors (Lipinski definition) is 3. The predicted molar refractivity (Wildman–Crippen MR) is 72.2 cm³/mol. The summed E-state index contributed by atoms with van der Waals surface area (Å²) in [7, 11) is 0. The summed E-state index contributed by atoms with van der Waals surface area (Å²) in [6.45, 7) is 5.97. The highest BCUT2D eigenvalue weighted by atomic mass is 19.1. The van der Waals surface area contributed by atoms with Crippen molar-refractivity contribution in [2.45, 2.75) is 39.3 Å². The molecule has 2 N–H and O–H groups in total. The normalized spacial score (nSPS) is 12.9. The molecule has 0 aliphatic carbocycles. The van der Waals surface area contributed by atoms with Gasteiger partial charge in [0.05, 0.1) is 0 Å². The molecule has 0 spiro atoms. The first kappa shape index (κ1) is 13.7. The van der Waals surface area contributed by atoms with Crippen LogP contribution in [0.4, 0.5) is 4.39 Å². The summed E-state index contributed by atoms with van der Waals surface area (Å²) in [6, 6.07) is 4.78. The van der Waals surface area contributed by atoms with Gasteiger partial charge < -0.3 is 5.73 Å². The first-order valence-corrected chi connectivity index (χ1v) is 6.39. The molecule has 0 fully saturated rings. The zero-order valence-electron chi connectivity index (χ0n) is 11.5. The zero-order valence-corrected chi connectivity index (χ0v) is 11.5. The van der Waals surface area contributed by atoms with Crippen LogP contribution in [-0.4, -0.2) is 14.8 Å². The van der Waals surface area contributed by atoms with E-state index in [9.17, 15) is 4.39 Å². The molecule has 2 aromatic rings. The van der Waals surface area contributed by atoms with Crippen molar-refractivity contribution in [1.82, 2.24) is 14.8 Å². The van der Waals surface area contributed by atoms with Gasteiger partial charge in [-0.15, -0.1) is 0 Å². The second-order valence-corrected chi connectivity index (χ2v) is 5.05. The van der Waals surface area contributed by atoms with E-state index in [1.807, 2.05) is 25.5 Å². The maximum atomic E-state index is 13.8. The van der Waals surface area contributed by atoms with Crippen molar-refractivity contribution in [2.24, 2.45) is 5.73 Å². The molecule has 0 saturated heterocycles. The number of aryl methyl sites for hydroxylation is 1. The summed E-state index contributed by atoms with van der Waals surface area (Å²) >= 11 is 0. The van der Waals surface area contributed by atoms with Crippen molar-refractivity contribution in [1.29, 1.82) is 0 Å². The van der Waals surface area contributed by atoms with Crippen LogP contribution in [-0.2, 0) is 6.42 Å². The van der Waals surface area contributed by atoms with Gasteiger partial charge >= 0.3 is 0 Å². The van der Waals surface area contributed by atoms with E-state index in [0.717, 1.165) is 11.4 Å². The van der Waals surface area contributed by atoms with Crippen LogP contribution in [0.5, 0.6) is 0 Å². The highest BCUT2D eigenvalue weighted by Crippen LogP contribution is 2.20. The van der Waals surface area contributed by atoms with Crippen LogP contribution >= 0.6 is 0 Å². The number of aromatic nitrogens is 3. The van der Waals surface area contributed by atoms with E-state index in [1.165, 1.54) is 12.4 Å². The minimum atomic E-state index is -0.415. The number of benzene rings is 1. The highest BCUT2D eigenvalue weighted by molar-refractivity contribution is 5.27. The van der Waals surface area contributed by atoms with E-state index in [2.05, 4.69) is 10.1 Å². The van der Waals surface area contributed by atoms with Gasteiger partial charge in [-0.2, -0.15) is 5.10 Å². The quantitative estimate of drug-likeness (QED) is 0.921. The first-order chi connectivity index (χ1) is 8.99. The second kappa shape index (κ2) is 5.48. The summed E-state index contributed by atoms with van der Waals surface area (Å²) in [6.07, 6.45) is 1.98. The van der Waals surface area contributed by atoms with Crippen LogP contribution in [0.25, 0.3) is 0 Å². The van der Waals surface area contributed by atoms with Crippen molar-refractivity contribution in [3.8, 4) is 0 Å². The van der Waals surface area contributed by atoms with Gasteiger partial charge in [-0.05, 0) is 26.8 Å². The largest absolute Gasteiger partial charge is 0.323 e. The molecule has 19 heavy (non-hydrogen) atoms. The minimum Gasteiger partial charge on any atom is -0.323 e. The number of halogens is 1. The maximum Gasteiger partial charge on any atom is 0.138 e. The molecular formula is C14H19FN4. The monoisotopic (exact) mass is 262 g/mol. The van der Waals surface area contributed by atoms with Crippen molar-refractivity contribution in [3.63, 3.8) is 0 Å². The average molecular weight is 262 g/mol. The molecule has 1 aromatic carbocycles. The van der Waals surface area contributed by atoms with Crippen molar-refractivity contribution < 1.29 is 4.39 Å². The fourth-order valence-electron chi connectivity index (χ4n) is 2.11. The molecular weight excluding hydrogens is 243 g/mol. The Bertz CT molecular complexity index is 562. The Morgan fingerprint density at radius 3 is 2.79 bits per heavy atom. The average Bonchev–Trinajstić information content (AvgIpc) is 2.80. The van der Waals surface area contributed by atoms with E-state index < -0.39 is 6.04 Å². The Morgan fingerprint density at radius 2 is 2.11 bits per heavy atom. The lowest BCUT2D eigenvalue weighted by Gasteiger charge is -2.15. The maximum absolute atomic E-state index is 13.8. The van der Waals surface area contributed by atoms with E-state index in [-0.39, 0.29) is 11.9 Å². The lowest BCUT2D eigenvalue weighted by atomic mass is 10.0. The van der Waals surface area contributed by atoms with Crippen molar-refractivity contribution in [3.05, 3.63) is 47.3 Å². The molecule has 0 aliphatic heterocycles. The molecule has 0 saturated carbocycles.